The summed E-state index contributed by atoms with van der Waals surface area (Å²) in [5, 5.41) is 18.9. The average molecular weight is 341 g/mol. The van der Waals surface area contributed by atoms with E-state index in [0.717, 1.165) is 0 Å². The van der Waals surface area contributed by atoms with Gasteiger partial charge in [0.15, 0.2) is 0 Å². The maximum absolute atomic E-state index is 11.8. The highest BCUT2D eigenvalue weighted by atomic mass is 79.9. The van der Waals surface area contributed by atoms with Crippen molar-refractivity contribution >= 4 is 44.0 Å². The summed E-state index contributed by atoms with van der Waals surface area (Å²) in [4.78, 5) is 22.1. The first kappa shape index (κ1) is 16.9. The van der Waals surface area contributed by atoms with E-state index in [1.807, 2.05) is 39.3 Å². The topological polar surface area (TPSA) is 74.6 Å². The van der Waals surface area contributed by atoms with Gasteiger partial charge in [0.25, 0.3) is 0 Å². The molecule has 1 atom stereocenters. The first-order valence-corrected chi connectivity index (χ1v) is 13.3. The van der Waals surface area contributed by atoms with Crippen LogP contribution in [0.15, 0.2) is 0 Å². The molecule has 0 amide bonds. The maximum Gasteiger partial charge on any atom is 0.317 e. The van der Waals surface area contributed by atoms with Crippen molar-refractivity contribution in [1.82, 2.24) is 0 Å². The molecule has 0 aromatic rings. The van der Waals surface area contributed by atoms with Crippen molar-refractivity contribution in [2.45, 2.75) is 48.8 Å². The van der Waals surface area contributed by atoms with Crippen molar-refractivity contribution in [1.29, 1.82) is 0 Å². The second-order valence-corrected chi connectivity index (χ2v) is 18.3. The molecule has 0 aromatic carbocycles. The second-order valence-electron chi connectivity index (χ2n) is 6.31. The molecule has 0 rings (SSSR count). The third-order valence-electron chi connectivity index (χ3n) is 3.30. The lowest BCUT2D eigenvalue weighted by molar-refractivity contribution is -0.144. The number of rotatable bonds is 5. The molecule has 4 nitrogen and oxygen atoms in total. The van der Waals surface area contributed by atoms with Crippen molar-refractivity contribution in [2.24, 2.45) is 0 Å². The highest BCUT2D eigenvalue weighted by Gasteiger charge is 2.64. The lowest BCUT2D eigenvalue weighted by Gasteiger charge is -2.49. The van der Waals surface area contributed by atoms with Crippen LogP contribution in [-0.4, -0.2) is 43.1 Å². The summed E-state index contributed by atoms with van der Waals surface area (Å²) >= 11 is 3.13. The molecule has 0 aliphatic heterocycles. The van der Waals surface area contributed by atoms with Gasteiger partial charge in [-0.15, -0.1) is 0 Å². The molecule has 0 bridgehead atoms. The Hall–Kier alpha value is -0.146. The van der Waals surface area contributed by atoms with Gasteiger partial charge in [-0.25, -0.2) is 0 Å². The van der Waals surface area contributed by atoms with Crippen LogP contribution in [0.5, 0.6) is 0 Å². The predicted octanol–water partition coefficient (Wildman–Crippen LogP) is 2.88. The number of carboxylic acid groups (broad SMARTS) is 2. The van der Waals surface area contributed by atoms with E-state index in [1.54, 1.807) is 0 Å². The summed E-state index contributed by atoms with van der Waals surface area (Å²) in [6, 6.07) is 0. The van der Waals surface area contributed by atoms with Gasteiger partial charge in [0.1, 0.15) is 4.83 Å². The van der Waals surface area contributed by atoms with Crippen LogP contribution < -0.4 is 0 Å². The summed E-state index contributed by atoms with van der Waals surface area (Å²) < 4.78 is -1.13. The lowest BCUT2D eigenvalue weighted by Crippen LogP contribution is -2.64. The molecule has 7 heteroatoms. The maximum atomic E-state index is 11.8. The van der Waals surface area contributed by atoms with Gasteiger partial charge in [0, 0.05) is 0 Å². The predicted molar refractivity (Wildman–Crippen MR) is 77.4 cm³/mol. The van der Waals surface area contributed by atoms with Gasteiger partial charge in [-0.2, -0.15) is 0 Å². The van der Waals surface area contributed by atoms with Gasteiger partial charge in [0.2, 0.25) is 0 Å². The molecule has 0 aliphatic carbocycles. The molecule has 0 radical (unpaired) electrons. The average Bonchev–Trinajstić information content (AvgIpc) is 1.97. The third kappa shape index (κ3) is 2.65. The smallest absolute Gasteiger partial charge is 0.317 e. The molecule has 0 fully saturated rings. The first-order chi connectivity index (χ1) is 7.30. The van der Waals surface area contributed by atoms with Gasteiger partial charge in [-0.3, -0.25) is 9.59 Å². The summed E-state index contributed by atoms with van der Waals surface area (Å²) in [5.74, 6) is -2.06. The van der Waals surface area contributed by atoms with Gasteiger partial charge >= 0.3 is 11.9 Å². The number of hydrogen-bond donors (Lipinski definition) is 2. The highest BCUT2D eigenvalue weighted by Crippen LogP contribution is 2.52. The van der Waals surface area contributed by atoms with Crippen molar-refractivity contribution in [2.75, 3.05) is 0 Å². The molecule has 0 saturated carbocycles. The largest absolute Gasteiger partial charge is 0.481 e. The summed E-state index contributed by atoms with van der Waals surface area (Å²) in [5.41, 5.74) is 0. The molecule has 0 aliphatic rings. The van der Waals surface area contributed by atoms with Crippen LogP contribution in [0.1, 0.15) is 0 Å². The SMILES string of the molecule is C[Si](C)(C)C(C(=O)O)(C(Br)C(=O)O)[Si](C)(C)C. The molecule has 0 saturated heterocycles. The third-order valence-corrected chi connectivity index (χ3v) is 15.5. The standard InChI is InChI=1S/C10H21BrO4Si2/c1-16(2,3)10(9(14)15,17(4,5)6)7(11)8(12)13/h7H,1-6H3,(H,12,13)(H,14,15). The molecule has 0 spiro atoms. The van der Waals surface area contributed by atoms with E-state index in [1.165, 1.54) is 0 Å². The zero-order valence-electron chi connectivity index (χ0n) is 11.2. The fraction of sp³-hybridized carbons (Fsp3) is 0.800. The zero-order chi connectivity index (χ0) is 14.2. The molecular weight excluding hydrogens is 320 g/mol. The zero-order valence-corrected chi connectivity index (χ0v) is 14.8. The van der Waals surface area contributed by atoms with Gasteiger partial charge < -0.3 is 10.2 Å². The molecule has 100 valence electrons. The Morgan fingerprint density at radius 3 is 1.35 bits per heavy atom. The van der Waals surface area contributed by atoms with E-state index in [4.69, 9.17) is 0 Å². The van der Waals surface area contributed by atoms with E-state index in [0.29, 0.717) is 0 Å². The van der Waals surface area contributed by atoms with Crippen molar-refractivity contribution in [3.05, 3.63) is 0 Å². The number of alkyl halides is 1. The fourth-order valence-electron chi connectivity index (χ4n) is 2.82. The van der Waals surface area contributed by atoms with Crippen LogP contribution in [-0.2, 0) is 9.59 Å². The van der Waals surface area contributed by atoms with Crippen molar-refractivity contribution in [3.63, 3.8) is 0 Å². The number of carbonyl (C=O) groups is 2. The molecular formula is C10H21BrO4Si2. The number of aliphatic carboxylic acids is 2. The van der Waals surface area contributed by atoms with E-state index in [2.05, 4.69) is 15.9 Å². The van der Waals surface area contributed by atoms with Crippen LogP contribution >= 0.6 is 15.9 Å². The van der Waals surface area contributed by atoms with Crippen LogP contribution in [0.25, 0.3) is 0 Å². The Kier molecular flexibility index (Phi) is 4.81. The van der Waals surface area contributed by atoms with E-state index < -0.39 is 37.6 Å². The summed E-state index contributed by atoms with van der Waals surface area (Å²) in [6.07, 6.45) is 0. The molecule has 1 unspecified atom stereocenters. The monoisotopic (exact) mass is 340 g/mol. The second kappa shape index (κ2) is 4.85. The highest BCUT2D eigenvalue weighted by molar-refractivity contribution is 9.10. The minimum atomic E-state index is -2.23. The summed E-state index contributed by atoms with van der Waals surface area (Å²) in [6.45, 7) is 11.6. The Morgan fingerprint density at radius 2 is 1.29 bits per heavy atom. The van der Waals surface area contributed by atoms with E-state index >= 15 is 0 Å². The Labute approximate surface area is 113 Å². The lowest BCUT2D eigenvalue weighted by atomic mass is 10.3. The van der Waals surface area contributed by atoms with Crippen LogP contribution in [0, 0.1) is 0 Å². The van der Waals surface area contributed by atoms with Gasteiger partial charge in [-0.05, 0) is 0 Å². The van der Waals surface area contributed by atoms with E-state index in [9.17, 15) is 19.8 Å². The normalized spacial score (nSPS) is 15.5. The molecule has 17 heavy (non-hydrogen) atoms. The van der Waals surface area contributed by atoms with Crippen LogP contribution in [0.3, 0.4) is 0 Å². The number of halogens is 1. The Balaban J connectivity index is 6.15. The van der Waals surface area contributed by atoms with Crippen molar-refractivity contribution in [3.8, 4) is 0 Å². The van der Waals surface area contributed by atoms with Gasteiger partial charge in [0.05, 0.1) is 20.8 Å². The number of carboxylic acids is 2. The molecule has 0 aromatic heterocycles. The van der Waals surface area contributed by atoms with Crippen LogP contribution in [0.2, 0.25) is 43.9 Å². The number of hydrogen-bond acceptors (Lipinski definition) is 2. The molecule has 0 heterocycles. The fourth-order valence-corrected chi connectivity index (χ4v) is 19.2. The minimum Gasteiger partial charge on any atom is -0.481 e. The Bertz CT molecular complexity index is 316. The quantitative estimate of drug-likeness (QED) is 0.596. The first-order valence-electron chi connectivity index (χ1n) is 5.40. The van der Waals surface area contributed by atoms with Crippen LogP contribution in [0.4, 0.5) is 0 Å². The minimum absolute atomic E-state index is 0.972. The molecule has 2 N–H and O–H groups in total. The van der Waals surface area contributed by atoms with Gasteiger partial charge in [-0.1, -0.05) is 55.2 Å². The van der Waals surface area contributed by atoms with E-state index in [-0.39, 0.29) is 0 Å². The summed E-state index contributed by atoms with van der Waals surface area (Å²) in [7, 11) is -4.45. The Morgan fingerprint density at radius 1 is 1.00 bits per heavy atom. The van der Waals surface area contributed by atoms with Crippen molar-refractivity contribution < 1.29 is 19.8 Å².